The van der Waals surface area contributed by atoms with E-state index < -0.39 is 10.0 Å². The monoisotopic (exact) mass is 358 g/mol. The molecule has 1 aliphatic rings. The summed E-state index contributed by atoms with van der Waals surface area (Å²) in [5.74, 6) is 0.286. The van der Waals surface area contributed by atoms with Crippen molar-refractivity contribution >= 4 is 33.2 Å². The van der Waals surface area contributed by atoms with Crippen LogP contribution in [0.3, 0.4) is 0 Å². The third kappa shape index (κ3) is 4.38. The molecule has 1 aromatic rings. The van der Waals surface area contributed by atoms with Gasteiger partial charge >= 0.3 is 0 Å². The Morgan fingerprint density at radius 3 is 2.74 bits per heavy atom. The summed E-state index contributed by atoms with van der Waals surface area (Å²) in [5.41, 5.74) is 1.11. The Kier molecular flexibility index (Phi) is 5.57. The van der Waals surface area contributed by atoms with E-state index in [4.69, 9.17) is 11.6 Å². The van der Waals surface area contributed by atoms with E-state index in [0.717, 1.165) is 23.4 Å². The molecule has 1 heterocycles. The molecule has 7 heteroatoms. The van der Waals surface area contributed by atoms with Crippen molar-refractivity contribution in [2.45, 2.75) is 26.7 Å². The van der Waals surface area contributed by atoms with Crippen LogP contribution in [0.2, 0.25) is 5.02 Å². The van der Waals surface area contributed by atoms with Crippen molar-refractivity contribution in [1.29, 1.82) is 0 Å². The van der Waals surface area contributed by atoms with Crippen LogP contribution in [-0.4, -0.2) is 45.1 Å². The third-order valence-electron chi connectivity index (χ3n) is 4.20. The second-order valence-corrected chi connectivity index (χ2v) is 8.55. The number of carbonyl (C=O) groups excluding carboxylic acids is 1. The fourth-order valence-electron chi connectivity index (χ4n) is 2.89. The summed E-state index contributed by atoms with van der Waals surface area (Å²) < 4.78 is 25.5. The molecule has 0 radical (unpaired) electrons. The second-order valence-electron chi connectivity index (χ2n) is 6.24. The predicted molar refractivity (Wildman–Crippen MR) is 93.4 cm³/mol. The molecular weight excluding hydrogens is 336 g/mol. The average Bonchev–Trinajstić information content (AvgIpc) is 2.46. The van der Waals surface area contributed by atoms with E-state index in [9.17, 15) is 13.2 Å². The maximum atomic E-state index is 12.6. The van der Waals surface area contributed by atoms with Gasteiger partial charge in [0.25, 0.3) is 0 Å². The molecule has 1 aromatic carbocycles. The highest BCUT2D eigenvalue weighted by Crippen LogP contribution is 2.28. The number of benzene rings is 1. The standard InChI is InChI=1S/C16H23ClN2O3S/c1-12-6-5-9-18(10-12)16(20)11-19(23(3,21)22)15-8-4-7-14(17)13(15)2/h4,7-8,12H,5-6,9-11H2,1-3H3/t12-/m1/s1. The maximum absolute atomic E-state index is 12.6. The van der Waals surface area contributed by atoms with E-state index in [2.05, 4.69) is 6.92 Å². The van der Waals surface area contributed by atoms with Gasteiger partial charge in [0.05, 0.1) is 11.9 Å². The van der Waals surface area contributed by atoms with Crippen molar-refractivity contribution in [1.82, 2.24) is 4.90 Å². The normalized spacial score (nSPS) is 18.8. The van der Waals surface area contributed by atoms with Crippen LogP contribution in [0.25, 0.3) is 0 Å². The second kappa shape index (κ2) is 7.09. The van der Waals surface area contributed by atoms with Crippen molar-refractivity contribution in [2.75, 3.05) is 30.2 Å². The SMILES string of the molecule is Cc1c(Cl)cccc1N(CC(=O)N1CCC[C@@H](C)C1)S(C)(=O)=O. The molecule has 1 aliphatic heterocycles. The number of amides is 1. The summed E-state index contributed by atoms with van der Waals surface area (Å²) >= 11 is 6.10. The van der Waals surface area contributed by atoms with Crippen LogP contribution in [0.1, 0.15) is 25.3 Å². The minimum atomic E-state index is -3.58. The van der Waals surface area contributed by atoms with Gasteiger partial charge in [0.15, 0.2) is 0 Å². The minimum Gasteiger partial charge on any atom is -0.341 e. The van der Waals surface area contributed by atoms with Crippen LogP contribution in [0.15, 0.2) is 18.2 Å². The summed E-state index contributed by atoms with van der Waals surface area (Å²) in [5, 5.41) is 0.482. The Labute approximate surface area is 143 Å². The number of nitrogens with zero attached hydrogens (tertiary/aromatic N) is 2. The van der Waals surface area contributed by atoms with Crippen LogP contribution in [-0.2, 0) is 14.8 Å². The molecule has 1 saturated heterocycles. The predicted octanol–water partition coefficient (Wildman–Crippen LogP) is 2.67. The maximum Gasteiger partial charge on any atom is 0.243 e. The summed E-state index contributed by atoms with van der Waals surface area (Å²) in [7, 11) is -3.58. The van der Waals surface area contributed by atoms with Crippen LogP contribution in [0.5, 0.6) is 0 Å². The fourth-order valence-corrected chi connectivity index (χ4v) is 3.96. The van der Waals surface area contributed by atoms with Crippen LogP contribution >= 0.6 is 11.6 Å². The number of piperidine rings is 1. The van der Waals surface area contributed by atoms with E-state index in [-0.39, 0.29) is 12.5 Å². The van der Waals surface area contributed by atoms with Gasteiger partial charge in [-0.3, -0.25) is 9.10 Å². The molecule has 0 aromatic heterocycles. The highest BCUT2D eigenvalue weighted by Gasteiger charge is 2.27. The number of carbonyl (C=O) groups is 1. The van der Waals surface area contributed by atoms with E-state index in [1.54, 1.807) is 30.0 Å². The molecule has 5 nitrogen and oxygen atoms in total. The molecule has 128 valence electrons. The number of likely N-dealkylation sites (tertiary alicyclic amines) is 1. The number of hydrogen-bond donors (Lipinski definition) is 0. The zero-order valence-corrected chi connectivity index (χ0v) is 15.3. The van der Waals surface area contributed by atoms with Gasteiger partial charge in [0, 0.05) is 18.1 Å². The average molecular weight is 359 g/mol. The van der Waals surface area contributed by atoms with Gasteiger partial charge in [-0.1, -0.05) is 24.6 Å². The minimum absolute atomic E-state index is 0.165. The Hall–Kier alpha value is -1.27. The molecule has 1 fully saturated rings. The van der Waals surface area contributed by atoms with Gasteiger partial charge in [-0.05, 0) is 43.4 Å². The lowest BCUT2D eigenvalue weighted by atomic mass is 10.0. The Morgan fingerprint density at radius 2 is 2.13 bits per heavy atom. The molecule has 0 spiro atoms. The zero-order valence-electron chi connectivity index (χ0n) is 13.8. The molecule has 0 aliphatic carbocycles. The zero-order chi connectivity index (χ0) is 17.2. The van der Waals surface area contributed by atoms with Crippen molar-refractivity contribution < 1.29 is 13.2 Å². The van der Waals surface area contributed by atoms with Gasteiger partial charge < -0.3 is 4.90 Å². The van der Waals surface area contributed by atoms with Gasteiger partial charge in [-0.25, -0.2) is 8.42 Å². The molecular formula is C16H23ClN2O3S. The summed E-state index contributed by atoms with van der Waals surface area (Å²) in [4.78, 5) is 14.3. The lowest BCUT2D eigenvalue weighted by molar-refractivity contribution is -0.131. The smallest absolute Gasteiger partial charge is 0.243 e. The van der Waals surface area contributed by atoms with Crippen LogP contribution in [0.4, 0.5) is 5.69 Å². The topological polar surface area (TPSA) is 57.7 Å². The van der Waals surface area contributed by atoms with Gasteiger partial charge in [0.1, 0.15) is 6.54 Å². The number of halogens is 1. The van der Waals surface area contributed by atoms with E-state index in [0.29, 0.717) is 35.3 Å². The molecule has 1 atom stereocenters. The molecule has 0 N–H and O–H groups in total. The van der Waals surface area contributed by atoms with Gasteiger partial charge in [0.2, 0.25) is 15.9 Å². The molecule has 0 saturated carbocycles. The molecule has 23 heavy (non-hydrogen) atoms. The fraction of sp³-hybridized carbons (Fsp3) is 0.562. The Morgan fingerprint density at radius 1 is 1.43 bits per heavy atom. The number of sulfonamides is 1. The van der Waals surface area contributed by atoms with E-state index >= 15 is 0 Å². The molecule has 2 rings (SSSR count). The number of hydrogen-bond acceptors (Lipinski definition) is 3. The first-order chi connectivity index (χ1) is 10.7. The van der Waals surface area contributed by atoms with Crippen molar-refractivity contribution in [3.05, 3.63) is 28.8 Å². The molecule has 0 bridgehead atoms. The lowest BCUT2D eigenvalue weighted by Crippen LogP contribution is -2.46. The van der Waals surface area contributed by atoms with Gasteiger partial charge in [-0.2, -0.15) is 0 Å². The summed E-state index contributed by atoms with van der Waals surface area (Å²) in [6, 6.07) is 5.07. The third-order valence-corrected chi connectivity index (χ3v) is 5.73. The first kappa shape index (κ1) is 18.1. The highest BCUT2D eigenvalue weighted by atomic mass is 35.5. The molecule has 0 unspecified atom stereocenters. The largest absolute Gasteiger partial charge is 0.341 e. The van der Waals surface area contributed by atoms with Crippen LogP contribution < -0.4 is 4.31 Å². The van der Waals surface area contributed by atoms with Crippen LogP contribution in [0, 0.1) is 12.8 Å². The summed E-state index contributed by atoms with van der Waals surface area (Å²) in [6.07, 6.45) is 3.18. The highest BCUT2D eigenvalue weighted by molar-refractivity contribution is 7.92. The first-order valence-electron chi connectivity index (χ1n) is 7.70. The van der Waals surface area contributed by atoms with E-state index in [1.165, 1.54) is 0 Å². The Bertz CT molecular complexity index is 691. The number of rotatable bonds is 4. The quantitative estimate of drug-likeness (QED) is 0.831. The lowest BCUT2D eigenvalue weighted by Gasteiger charge is -2.33. The van der Waals surface area contributed by atoms with Crippen molar-refractivity contribution in [3.8, 4) is 0 Å². The summed E-state index contributed by atoms with van der Waals surface area (Å²) in [6.45, 7) is 5.05. The molecule has 1 amide bonds. The number of anilines is 1. The Balaban J connectivity index is 2.27. The first-order valence-corrected chi connectivity index (χ1v) is 9.93. The van der Waals surface area contributed by atoms with Crippen molar-refractivity contribution in [3.63, 3.8) is 0 Å². The van der Waals surface area contributed by atoms with E-state index in [1.807, 2.05) is 0 Å². The van der Waals surface area contributed by atoms with Gasteiger partial charge in [-0.15, -0.1) is 0 Å². The van der Waals surface area contributed by atoms with Crippen molar-refractivity contribution in [2.24, 2.45) is 5.92 Å².